The minimum absolute atomic E-state index is 0.0503. The third kappa shape index (κ3) is 3.53. The maximum Gasteiger partial charge on any atom is 0.229 e. The second-order valence-electron chi connectivity index (χ2n) is 6.54. The van der Waals surface area contributed by atoms with E-state index >= 15 is 0 Å². The van der Waals surface area contributed by atoms with Crippen LogP contribution in [0.25, 0.3) is 0 Å². The smallest absolute Gasteiger partial charge is 0.229 e. The molecule has 2 atom stereocenters. The van der Waals surface area contributed by atoms with Crippen LogP contribution in [-0.2, 0) is 4.79 Å². The van der Waals surface area contributed by atoms with E-state index in [4.69, 9.17) is 28.9 Å². The fraction of sp³-hybridized carbons (Fsp3) is 0.562. The molecule has 1 fully saturated rings. The van der Waals surface area contributed by atoms with Crippen LogP contribution in [0.1, 0.15) is 38.7 Å². The molecule has 1 heterocycles. The summed E-state index contributed by atoms with van der Waals surface area (Å²) in [5, 5.41) is 0.986. The van der Waals surface area contributed by atoms with Crippen LogP contribution in [0.5, 0.6) is 0 Å². The minimum atomic E-state index is -0.232. The van der Waals surface area contributed by atoms with Gasteiger partial charge in [-0.05, 0) is 36.5 Å². The molecule has 0 aliphatic carbocycles. The zero-order chi connectivity index (χ0) is 15.8. The molecule has 1 amide bonds. The van der Waals surface area contributed by atoms with Gasteiger partial charge in [0.25, 0.3) is 0 Å². The van der Waals surface area contributed by atoms with Crippen molar-refractivity contribution in [2.75, 3.05) is 13.1 Å². The summed E-state index contributed by atoms with van der Waals surface area (Å²) in [7, 11) is 0. The van der Waals surface area contributed by atoms with Gasteiger partial charge in [0.15, 0.2) is 0 Å². The van der Waals surface area contributed by atoms with Crippen molar-refractivity contribution in [3.63, 3.8) is 0 Å². The molecule has 1 aromatic rings. The van der Waals surface area contributed by atoms with E-state index in [0.717, 1.165) is 18.5 Å². The first kappa shape index (κ1) is 16.6. The van der Waals surface area contributed by atoms with Crippen LogP contribution in [0, 0.1) is 5.41 Å². The van der Waals surface area contributed by atoms with Crippen molar-refractivity contribution in [1.29, 1.82) is 0 Å². The predicted octanol–water partition coefficient (Wildman–Crippen LogP) is 3.68. The van der Waals surface area contributed by atoms with Gasteiger partial charge in [0, 0.05) is 19.1 Å². The van der Waals surface area contributed by atoms with Crippen LogP contribution in [0.2, 0.25) is 10.0 Å². The van der Waals surface area contributed by atoms with Gasteiger partial charge in [0.05, 0.1) is 16.0 Å². The highest BCUT2D eigenvalue weighted by Gasteiger charge is 2.36. The number of rotatable bonds is 2. The van der Waals surface area contributed by atoms with Gasteiger partial charge in [-0.2, -0.15) is 0 Å². The van der Waals surface area contributed by atoms with Crippen LogP contribution in [0.4, 0.5) is 0 Å². The Labute approximate surface area is 136 Å². The molecule has 2 rings (SSSR count). The Balaban J connectivity index is 2.14. The molecule has 0 radical (unpaired) electrons. The first-order chi connectivity index (χ1) is 9.72. The van der Waals surface area contributed by atoms with Crippen molar-refractivity contribution in [2.45, 2.75) is 39.2 Å². The number of carbonyl (C=O) groups is 1. The van der Waals surface area contributed by atoms with E-state index in [1.807, 2.05) is 17.9 Å². The Morgan fingerprint density at radius 3 is 2.62 bits per heavy atom. The fourth-order valence-corrected chi connectivity index (χ4v) is 3.07. The second kappa shape index (κ2) is 6.15. The molecule has 2 unspecified atom stereocenters. The lowest BCUT2D eigenvalue weighted by atomic mass is 9.79. The molecule has 1 aromatic carbocycles. The first-order valence-electron chi connectivity index (χ1n) is 7.21. The monoisotopic (exact) mass is 328 g/mol. The molecule has 5 heteroatoms. The maximum absolute atomic E-state index is 12.7. The van der Waals surface area contributed by atoms with E-state index in [1.54, 1.807) is 12.1 Å². The number of hydrogen-bond acceptors (Lipinski definition) is 2. The van der Waals surface area contributed by atoms with Crippen LogP contribution in [0.15, 0.2) is 18.2 Å². The Morgan fingerprint density at radius 1 is 1.38 bits per heavy atom. The van der Waals surface area contributed by atoms with Crippen LogP contribution >= 0.6 is 23.2 Å². The molecule has 21 heavy (non-hydrogen) atoms. The van der Waals surface area contributed by atoms with E-state index < -0.39 is 0 Å². The van der Waals surface area contributed by atoms with Gasteiger partial charge >= 0.3 is 0 Å². The van der Waals surface area contributed by atoms with Crippen molar-refractivity contribution in [3.05, 3.63) is 33.8 Å². The lowest BCUT2D eigenvalue weighted by Crippen LogP contribution is -2.54. The van der Waals surface area contributed by atoms with E-state index in [0.29, 0.717) is 16.6 Å². The highest BCUT2D eigenvalue weighted by atomic mass is 35.5. The lowest BCUT2D eigenvalue weighted by Gasteiger charge is -2.43. The Kier molecular flexibility index (Phi) is 4.86. The number of likely N-dealkylation sites (tertiary alicyclic amines) is 1. The standard InChI is InChI=1S/C16H22Cl2N2O/c1-10(11-4-5-12(17)13(18)8-11)15(21)20-7-6-14(19)16(2,3)9-20/h4-5,8,10,14H,6-7,9,19H2,1-3H3. The SMILES string of the molecule is CC(C(=O)N1CCC(N)C(C)(C)C1)c1ccc(Cl)c(Cl)c1. The fourth-order valence-electron chi connectivity index (χ4n) is 2.76. The lowest BCUT2D eigenvalue weighted by molar-refractivity contribution is -0.135. The molecule has 3 nitrogen and oxygen atoms in total. The van der Waals surface area contributed by atoms with Crippen molar-refractivity contribution in [1.82, 2.24) is 4.90 Å². The molecular weight excluding hydrogens is 307 g/mol. The summed E-state index contributed by atoms with van der Waals surface area (Å²) in [4.78, 5) is 14.6. The summed E-state index contributed by atoms with van der Waals surface area (Å²) >= 11 is 12.0. The highest BCUT2D eigenvalue weighted by molar-refractivity contribution is 6.42. The number of hydrogen-bond donors (Lipinski definition) is 1. The number of nitrogens with two attached hydrogens (primary N) is 1. The minimum Gasteiger partial charge on any atom is -0.342 e. The van der Waals surface area contributed by atoms with E-state index in [-0.39, 0.29) is 23.3 Å². The maximum atomic E-state index is 12.7. The number of carbonyl (C=O) groups excluding carboxylic acids is 1. The molecular formula is C16H22Cl2N2O. The topological polar surface area (TPSA) is 46.3 Å². The molecule has 2 N–H and O–H groups in total. The molecule has 0 bridgehead atoms. The molecule has 1 saturated heterocycles. The Hall–Kier alpha value is -0.770. The third-order valence-corrected chi connectivity index (χ3v) is 5.18. The molecule has 0 saturated carbocycles. The molecule has 116 valence electrons. The summed E-state index contributed by atoms with van der Waals surface area (Å²) in [6.07, 6.45) is 0.840. The Bertz CT molecular complexity index is 545. The Morgan fingerprint density at radius 2 is 2.05 bits per heavy atom. The average Bonchev–Trinajstić information content (AvgIpc) is 2.43. The van der Waals surface area contributed by atoms with Crippen molar-refractivity contribution < 1.29 is 4.79 Å². The average molecular weight is 329 g/mol. The molecule has 0 spiro atoms. The van der Waals surface area contributed by atoms with E-state index in [2.05, 4.69) is 13.8 Å². The summed E-state index contributed by atoms with van der Waals surface area (Å²) < 4.78 is 0. The number of benzene rings is 1. The number of nitrogens with zero attached hydrogens (tertiary/aromatic N) is 1. The highest BCUT2D eigenvalue weighted by Crippen LogP contribution is 2.31. The molecule has 0 aromatic heterocycles. The van der Waals surface area contributed by atoms with Crippen molar-refractivity contribution in [3.8, 4) is 0 Å². The van der Waals surface area contributed by atoms with Gasteiger partial charge in [-0.15, -0.1) is 0 Å². The molecule has 1 aliphatic rings. The largest absolute Gasteiger partial charge is 0.342 e. The van der Waals surface area contributed by atoms with Gasteiger partial charge in [-0.1, -0.05) is 43.1 Å². The zero-order valence-electron chi connectivity index (χ0n) is 12.7. The quantitative estimate of drug-likeness (QED) is 0.900. The normalized spacial score (nSPS) is 23.0. The molecule has 1 aliphatic heterocycles. The van der Waals surface area contributed by atoms with Gasteiger partial charge in [0.1, 0.15) is 0 Å². The number of piperidine rings is 1. The van der Waals surface area contributed by atoms with Crippen LogP contribution < -0.4 is 5.73 Å². The second-order valence-corrected chi connectivity index (χ2v) is 7.35. The van der Waals surface area contributed by atoms with E-state index in [1.165, 1.54) is 0 Å². The van der Waals surface area contributed by atoms with Gasteiger partial charge in [0.2, 0.25) is 5.91 Å². The predicted molar refractivity (Wildman–Crippen MR) is 87.8 cm³/mol. The summed E-state index contributed by atoms with van der Waals surface area (Å²) in [6, 6.07) is 5.51. The zero-order valence-corrected chi connectivity index (χ0v) is 14.2. The number of halogens is 2. The van der Waals surface area contributed by atoms with E-state index in [9.17, 15) is 4.79 Å². The van der Waals surface area contributed by atoms with Gasteiger partial charge in [-0.3, -0.25) is 4.79 Å². The van der Waals surface area contributed by atoms with Crippen molar-refractivity contribution in [2.24, 2.45) is 11.1 Å². The van der Waals surface area contributed by atoms with Crippen LogP contribution in [0.3, 0.4) is 0 Å². The third-order valence-electron chi connectivity index (χ3n) is 4.44. The summed E-state index contributed by atoms with van der Waals surface area (Å²) in [5.41, 5.74) is 6.97. The van der Waals surface area contributed by atoms with Crippen LogP contribution in [-0.4, -0.2) is 29.9 Å². The summed E-state index contributed by atoms with van der Waals surface area (Å²) in [5.74, 6) is -0.113. The van der Waals surface area contributed by atoms with Gasteiger partial charge in [-0.25, -0.2) is 0 Å². The number of amides is 1. The first-order valence-corrected chi connectivity index (χ1v) is 7.97. The summed E-state index contributed by atoms with van der Waals surface area (Å²) in [6.45, 7) is 7.54. The van der Waals surface area contributed by atoms with Gasteiger partial charge < -0.3 is 10.6 Å². The van der Waals surface area contributed by atoms with Crippen molar-refractivity contribution >= 4 is 29.1 Å².